The van der Waals surface area contributed by atoms with Crippen LogP contribution < -0.4 is 4.74 Å². The van der Waals surface area contributed by atoms with Crippen LogP contribution in [0.5, 0.6) is 5.75 Å². The molecule has 1 saturated heterocycles. The van der Waals surface area contributed by atoms with Crippen molar-refractivity contribution in [2.75, 3.05) is 13.1 Å². The number of nitrogens with zero attached hydrogens (tertiary/aromatic N) is 1. The molecule has 3 nitrogen and oxygen atoms in total. The Morgan fingerprint density at radius 3 is 2.84 bits per heavy atom. The van der Waals surface area contributed by atoms with E-state index in [-0.39, 0.29) is 0 Å². The lowest BCUT2D eigenvalue weighted by Gasteiger charge is -2.34. The van der Waals surface area contributed by atoms with Crippen molar-refractivity contribution in [2.24, 2.45) is 0 Å². The third kappa shape index (κ3) is 2.76. The summed E-state index contributed by atoms with van der Waals surface area (Å²) in [5, 5.41) is 1.16. The number of hydrogen-bond donors (Lipinski definition) is 1. The minimum Gasteiger partial charge on any atom is -0.490 e. The van der Waals surface area contributed by atoms with Crippen molar-refractivity contribution in [3.05, 3.63) is 30.5 Å². The highest BCUT2D eigenvalue weighted by atomic mass is 16.5. The summed E-state index contributed by atoms with van der Waals surface area (Å²) in [5.74, 6) is 0.975. The molecule has 1 aliphatic heterocycles. The number of nitrogens with one attached hydrogen (secondary N) is 1. The molecule has 1 aromatic heterocycles. The maximum absolute atomic E-state index is 6.11. The van der Waals surface area contributed by atoms with Gasteiger partial charge < -0.3 is 14.6 Å². The number of fused-ring (bicyclic) bond motifs is 1. The van der Waals surface area contributed by atoms with Crippen LogP contribution in [0.3, 0.4) is 0 Å². The summed E-state index contributed by atoms with van der Waals surface area (Å²) >= 11 is 0. The van der Waals surface area contributed by atoms with Gasteiger partial charge in [-0.1, -0.05) is 0 Å². The average molecular weight is 257 g/mol. The summed E-state index contributed by atoms with van der Waals surface area (Å²) in [4.78, 5) is 5.60. The monoisotopic (exact) mass is 257 g/mol. The highest BCUT2D eigenvalue weighted by molar-refractivity contribution is 5.80. The van der Waals surface area contributed by atoms with E-state index < -0.39 is 0 Å². The van der Waals surface area contributed by atoms with Gasteiger partial charge in [0.1, 0.15) is 11.9 Å². The topological polar surface area (TPSA) is 28.3 Å². The van der Waals surface area contributed by atoms with Crippen LogP contribution in [0.4, 0.5) is 0 Å². The number of rotatable bonds is 3. The molecule has 0 unspecified atom stereocenters. The summed E-state index contributed by atoms with van der Waals surface area (Å²) in [7, 11) is 0. The SMILES string of the molecule is CC(C)N1CCC(Oc2ccc3[nH][c]cc3c2)CC1. The Kier molecular flexibility index (Phi) is 3.47. The van der Waals surface area contributed by atoms with Crippen LogP contribution >= 0.6 is 0 Å². The van der Waals surface area contributed by atoms with Crippen molar-refractivity contribution in [3.63, 3.8) is 0 Å². The summed E-state index contributed by atoms with van der Waals surface area (Å²) < 4.78 is 6.11. The zero-order chi connectivity index (χ0) is 13.2. The van der Waals surface area contributed by atoms with E-state index in [0.29, 0.717) is 12.1 Å². The predicted octanol–water partition coefficient (Wildman–Crippen LogP) is 3.22. The van der Waals surface area contributed by atoms with Crippen LogP contribution in [0.25, 0.3) is 10.9 Å². The molecule has 1 N–H and O–H groups in total. The van der Waals surface area contributed by atoms with Crippen LogP contribution in [-0.2, 0) is 0 Å². The zero-order valence-electron chi connectivity index (χ0n) is 11.6. The van der Waals surface area contributed by atoms with Gasteiger partial charge in [-0.05, 0) is 51.0 Å². The molecule has 3 rings (SSSR count). The van der Waals surface area contributed by atoms with Crippen molar-refractivity contribution in [1.29, 1.82) is 0 Å². The molecule has 0 amide bonds. The molecule has 2 heterocycles. The van der Waals surface area contributed by atoms with Gasteiger partial charge in [-0.3, -0.25) is 0 Å². The molecule has 1 aliphatic rings. The van der Waals surface area contributed by atoms with Gasteiger partial charge in [-0.15, -0.1) is 0 Å². The molecule has 0 atom stereocenters. The van der Waals surface area contributed by atoms with E-state index >= 15 is 0 Å². The Bertz CT molecular complexity index is 538. The fraction of sp³-hybridized carbons (Fsp3) is 0.500. The van der Waals surface area contributed by atoms with Crippen molar-refractivity contribution in [2.45, 2.75) is 38.8 Å². The second-order valence-electron chi connectivity index (χ2n) is 5.61. The molecule has 1 aromatic carbocycles. The molecule has 0 spiro atoms. The summed E-state index contributed by atoms with van der Waals surface area (Å²) in [6.07, 6.45) is 5.60. The van der Waals surface area contributed by atoms with E-state index in [1.165, 1.54) is 0 Å². The van der Waals surface area contributed by atoms with Crippen LogP contribution in [0.2, 0.25) is 0 Å². The molecule has 1 radical (unpaired) electrons. The summed E-state index contributed by atoms with van der Waals surface area (Å²) in [5.41, 5.74) is 1.11. The molecule has 3 heteroatoms. The first kappa shape index (κ1) is 12.5. The van der Waals surface area contributed by atoms with Gasteiger partial charge in [-0.25, -0.2) is 0 Å². The fourth-order valence-corrected chi connectivity index (χ4v) is 2.74. The van der Waals surface area contributed by atoms with Crippen molar-refractivity contribution in [1.82, 2.24) is 9.88 Å². The Morgan fingerprint density at radius 2 is 2.11 bits per heavy atom. The van der Waals surface area contributed by atoms with Crippen LogP contribution in [0, 0.1) is 6.20 Å². The van der Waals surface area contributed by atoms with E-state index in [4.69, 9.17) is 4.74 Å². The van der Waals surface area contributed by atoms with Gasteiger partial charge in [0.2, 0.25) is 0 Å². The van der Waals surface area contributed by atoms with Crippen LogP contribution in [0.15, 0.2) is 24.3 Å². The minimum absolute atomic E-state index is 0.357. The van der Waals surface area contributed by atoms with E-state index in [1.54, 1.807) is 0 Å². The molecule has 0 saturated carbocycles. The number of benzene rings is 1. The second-order valence-corrected chi connectivity index (χ2v) is 5.61. The van der Waals surface area contributed by atoms with Crippen LogP contribution in [-0.4, -0.2) is 35.1 Å². The Hall–Kier alpha value is -1.48. The lowest BCUT2D eigenvalue weighted by Crippen LogP contribution is -2.41. The molecular formula is C16H21N2O. The molecule has 0 aliphatic carbocycles. The third-order valence-electron chi connectivity index (χ3n) is 3.97. The largest absolute Gasteiger partial charge is 0.490 e. The standard InChI is InChI=1S/C16H21N2O/c1-12(2)18-9-6-14(7-10-18)19-15-3-4-16-13(11-15)5-8-17-16/h3-5,11-12,14,17H,6-7,9-10H2,1-2H3. The maximum Gasteiger partial charge on any atom is 0.120 e. The highest BCUT2D eigenvalue weighted by Gasteiger charge is 2.21. The molecule has 19 heavy (non-hydrogen) atoms. The number of H-pyrrole nitrogens is 1. The van der Waals surface area contributed by atoms with Gasteiger partial charge >= 0.3 is 0 Å². The predicted molar refractivity (Wildman–Crippen MR) is 77.5 cm³/mol. The molecule has 101 valence electrons. The van der Waals surface area contributed by atoms with E-state index in [9.17, 15) is 0 Å². The first-order valence-corrected chi connectivity index (χ1v) is 7.12. The van der Waals surface area contributed by atoms with Gasteiger partial charge in [0.15, 0.2) is 0 Å². The number of likely N-dealkylation sites (tertiary alicyclic amines) is 1. The average Bonchev–Trinajstić information content (AvgIpc) is 2.87. The smallest absolute Gasteiger partial charge is 0.120 e. The zero-order valence-corrected chi connectivity index (χ0v) is 11.6. The third-order valence-corrected chi connectivity index (χ3v) is 3.97. The number of piperidine rings is 1. The van der Waals surface area contributed by atoms with Crippen LogP contribution in [0.1, 0.15) is 26.7 Å². The Morgan fingerprint density at radius 1 is 1.32 bits per heavy atom. The first-order valence-electron chi connectivity index (χ1n) is 7.12. The Balaban J connectivity index is 1.62. The quantitative estimate of drug-likeness (QED) is 0.914. The fourth-order valence-electron chi connectivity index (χ4n) is 2.74. The molecule has 1 fully saturated rings. The molecule has 2 aromatic rings. The highest BCUT2D eigenvalue weighted by Crippen LogP contribution is 2.23. The van der Waals surface area contributed by atoms with Gasteiger partial charge in [-0.2, -0.15) is 0 Å². The van der Waals surface area contributed by atoms with E-state index in [1.807, 2.05) is 12.1 Å². The Labute approximate surface area is 114 Å². The van der Waals surface area contributed by atoms with Gasteiger partial charge in [0, 0.05) is 30.0 Å². The maximum atomic E-state index is 6.11. The molecule has 0 bridgehead atoms. The lowest BCUT2D eigenvalue weighted by molar-refractivity contribution is 0.0844. The van der Waals surface area contributed by atoms with Gasteiger partial charge in [0.05, 0.1) is 6.20 Å². The number of hydrogen-bond acceptors (Lipinski definition) is 2. The van der Waals surface area contributed by atoms with Crippen molar-refractivity contribution < 1.29 is 4.74 Å². The molecular weight excluding hydrogens is 236 g/mol. The van der Waals surface area contributed by atoms with E-state index in [2.05, 4.69) is 42.1 Å². The minimum atomic E-state index is 0.357. The summed E-state index contributed by atoms with van der Waals surface area (Å²) in [6.45, 7) is 6.81. The van der Waals surface area contributed by atoms with Gasteiger partial charge in [0.25, 0.3) is 0 Å². The first-order chi connectivity index (χ1) is 9.22. The number of ether oxygens (including phenoxy) is 1. The number of aromatic amines is 1. The van der Waals surface area contributed by atoms with E-state index in [0.717, 1.165) is 42.6 Å². The summed E-state index contributed by atoms with van der Waals surface area (Å²) in [6, 6.07) is 8.81. The van der Waals surface area contributed by atoms with Crippen molar-refractivity contribution >= 4 is 10.9 Å². The van der Waals surface area contributed by atoms with Crippen molar-refractivity contribution in [3.8, 4) is 5.75 Å². The second kappa shape index (κ2) is 5.25. The number of aromatic nitrogens is 1. The lowest BCUT2D eigenvalue weighted by atomic mass is 10.1. The normalized spacial score (nSPS) is 18.3.